The summed E-state index contributed by atoms with van der Waals surface area (Å²) < 4.78 is 0. The molecule has 1 aromatic carbocycles. The fourth-order valence-corrected chi connectivity index (χ4v) is 2.64. The van der Waals surface area contributed by atoms with Gasteiger partial charge < -0.3 is 10.4 Å². The van der Waals surface area contributed by atoms with Crippen LogP contribution in [-0.4, -0.2) is 11.0 Å². The summed E-state index contributed by atoms with van der Waals surface area (Å²) in [6.07, 6.45) is 5.57. The Labute approximate surface area is 108 Å². The van der Waals surface area contributed by atoms with Gasteiger partial charge in [0, 0.05) is 11.6 Å². The molecule has 1 amide bonds. The maximum atomic E-state index is 12.1. The van der Waals surface area contributed by atoms with E-state index < -0.39 is 0 Å². The topological polar surface area (TPSA) is 49.3 Å². The van der Waals surface area contributed by atoms with Gasteiger partial charge in [-0.15, -0.1) is 0 Å². The Bertz CT molecular complexity index is 425. The molecule has 0 saturated heterocycles. The summed E-state index contributed by atoms with van der Waals surface area (Å²) in [6.45, 7) is 3.69. The summed E-state index contributed by atoms with van der Waals surface area (Å²) in [5.74, 6) is 0.595. The number of benzene rings is 1. The van der Waals surface area contributed by atoms with E-state index in [0.29, 0.717) is 5.75 Å². The molecule has 0 aromatic heterocycles. The molecule has 1 aliphatic carbocycles. The number of phenols is 1. The van der Waals surface area contributed by atoms with Crippen molar-refractivity contribution in [2.45, 2.75) is 46.0 Å². The lowest BCUT2D eigenvalue weighted by atomic mass is 9.88. The van der Waals surface area contributed by atoms with Crippen LogP contribution in [0.5, 0.6) is 5.75 Å². The molecule has 1 aliphatic rings. The van der Waals surface area contributed by atoms with Gasteiger partial charge in [-0.05, 0) is 49.9 Å². The molecule has 0 aliphatic heterocycles. The van der Waals surface area contributed by atoms with Crippen LogP contribution in [0, 0.1) is 19.8 Å². The molecule has 0 radical (unpaired) electrons. The number of rotatable bonds is 2. The second-order valence-corrected chi connectivity index (χ2v) is 5.28. The molecule has 3 nitrogen and oxygen atoms in total. The van der Waals surface area contributed by atoms with Crippen molar-refractivity contribution in [3.63, 3.8) is 0 Å². The van der Waals surface area contributed by atoms with Crippen molar-refractivity contribution in [1.29, 1.82) is 0 Å². The Kier molecular flexibility index (Phi) is 3.90. The molecule has 0 atom stereocenters. The zero-order valence-electron chi connectivity index (χ0n) is 11.1. The smallest absolute Gasteiger partial charge is 0.227 e. The van der Waals surface area contributed by atoms with Gasteiger partial charge in [0.05, 0.1) is 0 Å². The van der Waals surface area contributed by atoms with Gasteiger partial charge in [-0.25, -0.2) is 0 Å². The highest BCUT2D eigenvalue weighted by Crippen LogP contribution is 2.28. The fourth-order valence-electron chi connectivity index (χ4n) is 2.64. The molecule has 3 heteroatoms. The molecule has 1 fully saturated rings. The van der Waals surface area contributed by atoms with Crippen molar-refractivity contribution in [3.05, 3.63) is 23.3 Å². The van der Waals surface area contributed by atoms with Crippen molar-refractivity contribution in [3.8, 4) is 5.75 Å². The van der Waals surface area contributed by atoms with Crippen molar-refractivity contribution in [2.24, 2.45) is 5.92 Å². The van der Waals surface area contributed by atoms with Gasteiger partial charge in [-0.2, -0.15) is 0 Å². The third kappa shape index (κ3) is 2.84. The van der Waals surface area contributed by atoms with Gasteiger partial charge in [0.15, 0.2) is 0 Å². The fraction of sp³-hybridized carbons (Fsp3) is 0.533. The van der Waals surface area contributed by atoms with Crippen molar-refractivity contribution in [1.82, 2.24) is 0 Å². The van der Waals surface area contributed by atoms with Crippen LogP contribution < -0.4 is 5.32 Å². The van der Waals surface area contributed by atoms with Crippen LogP contribution >= 0.6 is 0 Å². The quantitative estimate of drug-likeness (QED) is 0.785. The number of phenolic OH excluding ortho intramolecular Hbond substituents is 1. The lowest BCUT2D eigenvalue weighted by Crippen LogP contribution is -2.24. The highest BCUT2D eigenvalue weighted by Gasteiger charge is 2.21. The second kappa shape index (κ2) is 5.42. The number of aryl methyl sites for hydroxylation is 2. The van der Waals surface area contributed by atoms with E-state index in [9.17, 15) is 9.90 Å². The minimum Gasteiger partial charge on any atom is -0.507 e. The molecule has 0 spiro atoms. The van der Waals surface area contributed by atoms with E-state index in [1.807, 2.05) is 26.0 Å². The lowest BCUT2D eigenvalue weighted by Gasteiger charge is -2.21. The Morgan fingerprint density at radius 3 is 2.28 bits per heavy atom. The lowest BCUT2D eigenvalue weighted by molar-refractivity contribution is -0.120. The summed E-state index contributed by atoms with van der Waals surface area (Å²) >= 11 is 0. The summed E-state index contributed by atoms with van der Waals surface area (Å²) in [6, 6.07) is 3.64. The standard InChI is InChI=1S/C15H21NO2/c1-10-8-13(9-11(2)14(10)17)16-15(18)12-6-4-3-5-7-12/h8-9,12,17H,3-7H2,1-2H3,(H,16,18). The van der Waals surface area contributed by atoms with Gasteiger partial charge in [0.25, 0.3) is 0 Å². The second-order valence-electron chi connectivity index (χ2n) is 5.28. The predicted molar refractivity (Wildman–Crippen MR) is 72.8 cm³/mol. The van der Waals surface area contributed by atoms with E-state index in [1.54, 1.807) is 0 Å². The van der Waals surface area contributed by atoms with E-state index in [1.165, 1.54) is 6.42 Å². The van der Waals surface area contributed by atoms with Gasteiger partial charge in [0.2, 0.25) is 5.91 Å². The van der Waals surface area contributed by atoms with E-state index in [0.717, 1.165) is 42.5 Å². The van der Waals surface area contributed by atoms with Crippen LogP contribution in [0.25, 0.3) is 0 Å². The summed E-state index contributed by atoms with van der Waals surface area (Å²) in [4.78, 5) is 12.1. The van der Waals surface area contributed by atoms with Crippen LogP contribution in [0.15, 0.2) is 12.1 Å². The summed E-state index contributed by atoms with van der Waals surface area (Å²) in [7, 11) is 0. The average Bonchev–Trinajstić information content (AvgIpc) is 2.37. The number of nitrogens with one attached hydrogen (secondary N) is 1. The maximum absolute atomic E-state index is 12.1. The first-order valence-electron chi connectivity index (χ1n) is 6.69. The summed E-state index contributed by atoms with van der Waals surface area (Å²) in [5.41, 5.74) is 2.39. The molecule has 0 unspecified atom stereocenters. The number of carbonyl (C=O) groups excluding carboxylic acids is 1. The molecule has 1 saturated carbocycles. The highest BCUT2D eigenvalue weighted by molar-refractivity contribution is 5.92. The number of carbonyl (C=O) groups is 1. The predicted octanol–water partition coefficient (Wildman–Crippen LogP) is 3.53. The van der Waals surface area contributed by atoms with Gasteiger partial charge in [-0.1, -0.05) is 19.3 Å². The van der Waals surface area contributed by atoms with Gasteiger partial charge in [0.1, 0.15) is 5.75 Å². The normalized spacial score (nSPS) is 16.6. The molecule has 1 aromatic rings. The molecule has 0 bridgehead atoms. The molecule has 2 N–H and O–H groups in total. The Balaban J connectivity index is 2.06. The van der Waals surface area contributed by atoms with Crippen molar-refractivity contribution < 1.29 is 9.90 Å². The molecule has 2 rings (SSSR count). The van der Waals surface area contributed by atoms with Crippen LogP contribution in [-0.2, 0) is 4.79 Å². The van der Waals surface area contributed by atoms with Crippen LogP contribution in [0.1, 0.15) is 43.2 Å². The van der Waals surface area contributed by atoms with Crippen LogP contribution in [0.3, 0.4) is 0 Å². The molecule has 18 heavy (non-hydrogen) atoms. The van der Waals surface area contributed by atoms with E-state index in [-0.39, 0.29) is 11.8 Å². The number of hydrogen-bond acceptors (Lipinski definition) is 2. The minimum absolute atomic E-state index is 0.124. The van der Waals surface area contributed by atoms with Gasteiger partial charge >= 0.3 is 0 Å². The first-order valence-corrected chi connectivity index (χ1v) is 6.69. The Morgan fingerprint density at radius 2 is 1.72 bits per heavy atom. The molecular weight excluding hydrogens is 226 g/mol. The first kappa shape index (κ1) is 12.9. The number of aromatic hydroxyl groups is 1. The Morgan fingerprint density at radius 1 is 1.17 bits per heavy atom. The maximum Gasteiger partial charge on any atom is 0.227 e. The monoisotopic (exact) mass is 247 g/mol. The van der Waals surface area contributed by atoms with E-state index in [4.69, 9.17) is 0 Å². The molecule has 0 heterocycles. The first-order chi connectivity index (χ1) is 8.58. The van der Waals surface area contributed by atoms with E-state index >= 15 is 0 Å². The largest absolute Gasteiger partial charge is 0.507 e. The zero-order valence-corrected chi connectivity index (χ0v) is 11.1. The van der Waals surface area contributed by atoms with Gasteiger partial charge in [-0.3, -0.25) is 4.79 Å². The van der Waals surface area contributed by atoms with Crippen LogP contribution in [0.2, 0.25) is 0 Å². The van der Waals surface area contributed by atoms with Crippen molar-refractivity contribution in [2.75, 3.05) is 5.32 Å². The highest BCUT2D eigenvalue weighted by atomic mass is 16.3. The number of hydrogen-bond donors (Lipinski definition) is 2. The van der Waals surface area contributed by atoms with Crippen molar-refractivity contribution >= 4 is 11.6 Å². The average molecular weight is 247 g/mol. The molecular formula is C15H21NO2. The third-order valence-electron chi connectivity index (χ3n) is 3.73. The third-order valence-corrected chi connectivity index (χ3v) is 3.73. The number of amides is 1. The minimum atomic E-state index is 0.124. The van der Waals surface area contributed by atoms with Crippen LogP contribution in [0.4, 0.5) is 5.69 Å². The SMILES string of the molecule is Cc1cc(NC(=O)C2CCCCC2)cc(C)c1O. The molecule has 98 valence electrons. The Hall–Kier alpha value is -1.51. The zero-order chi connectivity index (χ0) is 13.1. The van der Waals surface area contributed by atoms with E-state index in [2.05, 4.69) is 5.32 Å². The summed E-state index contributed by atoms with van der Waals surface area (Å²) in [5, 5.41) is 12.7. The number of anilines is 1.